The van der Waals surface area contributed by atoms with Crippen LogP contribution in [0.2, 0.25) is 0 Å². The predicted molar refractivity (Wildman–Crippen MR) is 59.1 cm³/mol. The SMILES string of the molecule is O=C1OCC[C@H]1N1CCC[C@@H]1Cn1cncn1. The zero-order valence-corrected chi connectivity index (χ0v) is 9.66. The Bertz CT molecular complexity index is 392. The number of esters is 1. The largest absolute Gasteiger partial charge is 0.464 e. The van der Waals surface area contributed by atoms with E-state index < -0.39 is 0 Å². The second-order valence-electron chi connectivity index (χ2n) is 4.62. The number of rotatable bonds is 3. The number of carbonyl (C=O) groups excluding carboxylic acids is 1. The molecular weight excluding hydrogens is 220 g/mol. The van der Waals surface area contributed by atoms with E-state index in [0.717, 1.165) is 32.4 Å². The van der Waals surface area contributed by atoms with Crippen LogP contribution in [0.3, 0.4) is 0 Å². The van der Waals surface area contributed by atoms with E-state index >= 15 is 0 Å². The van der Waals surface area contributed by atoms with Gasteiger partial charge in [0.05, 0.1) is 13.2 Å². The lowest BCUT2D eigenvalue weighted by atomic mass is 10.1. The molecule has 17 heavy (non-hydrogen) atoms. The average molecular weight is 236 g/mol. The summed E-state index contributed by atoms with van der Waals surface area (Å²) in [4.78, 5) is 17.8. The monoisotopic (exact) mass is 236 g/mol. The zero-order valence-electron chi connectivity index (χ0n) is 9.66. The van der Waals surface area contributed by atoms with Crippen molar-refractivity contribution in [3.05, 3.63) is 12.7 Å². The molecule has 0 aromatic carbocycles. The van der Waals surface area contributed by atoms with Gasteiger partial charge in [0, 0.05) is 12.5 Å². The van der Waals surface area contributed by atoms with Gasteiger partial charge in [-0.05, 0) is 19.4 Å². The second kappa shape index (κ2) is 4.44. The molecule has 1 aromatic rings. The maximum Gasteiger partial charge on any atom is 0.323 e. The lowest BCUT2D eigenvalue weighted by Gasteiger charge is -2.27. The van der Waals surface area contributed by atoms with Crippen molar-refractivity contribution in [3.63, 3.8) is 0 Å². The number of hydrogen-bond acceptors (Lipinski definition) is 5. The quantitative estimate of drug-likeness (QED) is 0.694. The molecule has 2 aliphatic rings. The molecule has 0 saturated carbocycles. The van der Waals surface area contributed by atoms with E-state index in [1.54, 1.807) is 12.7 Å². The number of carbonyl (C=O) groups is 1. The molecule has 6 heteroatoms. The van der Waals surface area contributed by atoms with Gasteiger partial charge >= 0.3 is 5.97 Å². The highest BCUT2D eigenvalue weighted by Gasteiger charge is 2.38. The molecular formula is C11H16N4O2. The molecule has 92 valence electrons. The molecule has 0 unspecified atom stereocenters. The van der Waals surface area contributed by atoms with Gasteiger partial charge in [0.1, 0.15) is 18.7 Å². The molecule has 0 aliphatic carbocycles. The Labute approximate surface area is 99.6 Å². The summed E-state index contributed by atoms with van der Waals surface area (Å²) in [6.07, 6.45) is 6.35. The fourth-order valence-corrected chi connectivity index (χ4v) is 2.79. The summed E-state index contributed by atoms with van der Waals surface area (Å²) in [5.74, 6) is -0.0597. The maximum absolute atomic E-state index is 11.6. The van der Waals surface area contributed by atoms with Crippen LogP contribution < -0.4 is 0 Å². The van der Waals surface area contributed by atoms with Gasteiger partial charge in [-0.15, -0.1) is 0 Å². The lowest BCUT2D eigenvalue weighted by molar-refractivity contribution is -0.142. The van der Waals surface area contributed by atoms with E-state index in [-0.39, 0.29) is 12.0 Å². The van der Waals surface area contributed by atoms with Gasteiger partial charge < -0.3 is 4.74 Å². The van der Waals surface area contributed by atoms with Crippen LogP contribution in [0.1, 0.15) is 19.3 Å². The molecule has 0 N–H and O–H groups in total. The third-order valence-corrected chi connectivity index (χ3v) is 3.60. The van der Waals surface area contributed by atoms with Gasteiger partial charge in [-0.1, -0.05) is 0 Å². The van der Waals surface area contributed by atoms with Crippen molar-refractivity contribution in [1.29, 1.82) is 0 Å². The Hall–Kier alpha value is -1.43. The standard InChI is InChI=1S/C11H16N4O2/c16-11-10(3-5-17-11)15-4-1-2-9(15)6-14-8-12-7-13-14/h7-10H,1-6H2/t9-,10-/m1/s1. The van der Waals surface area contributed by atoms with Gasteiger partial charge in [0.15, 0.2) is 0 Å². The molecule has 1 aromatic heterocycles. The molecule has 2 atom stereocenters. The third-order valence-electron chi connectivity index (χ3n) is 3.60. The van der Waals surface area contributed by atoms with Gasteiger partial charge in [-0.3, -0.25) is 14.4 Å². The Morgan fingerprint density at radius 2 is 2.41 bits per heavy atom. The summed E-state index contributed by atoms with van der Waals surface area (Å²) in [5.41, 5.74) is 0. The van der Waals surface area contributed by atoms with Gasteiger partial charge in [0.25, 0.3) is 0 Å². The van der Waals surface area contributed by atoms with E-state index in [1.807, 2.05) is 4.68 Å². The van der Waals surface area contributed by atoms with Crippen LogP contribution in [0.15, 0.2) is 12.7 Å². The minimum Gasteiger partial charge on any atom is -0.464 e. The number of cyclic esters (lactones) is 1. The van der Waals surface area contributed by atoms with E-state index in [1.165, 1.54) is 0 Å². The lowest BCUT2D eigenvalue weighted by Crippen LogP contribution is -2.43. The summed E-state index contributed by atoms with van der Waals surface area (Å²) in [6.45, 7) is 2.36. The highest BCUT2D eigenvalue weighted by Crippen LogP contribution is 2.25. The van der Waals surface area contributed by atoms with Crippen LogP contribution >= 0.6 is 0 Å². The number of nitrogens with zero attached hydrogens (tertiary/aromatic N) is 4. The number of likely N-dealkylation sites (tertiary alicyclic amines) is 1. The molecule has 2 saturated heterocycles. The summed E-state index contributed by atoms with van der Waals surface area (Å²) < 4.78 is 6.88. The second-order valence-corrected chi connectivity index (χ2v) is 4.62. The Kier molecular flexibility index (Phi) is 2.80. The van der Waals surface area contributed by atoms with Gasteiger partial charge in [-0.2, -0.15) is 5.10 Å². The molecule has 3 rings (SSSR count). The predicted octanol–water partition coefficient (Wildman–Crippen LogP) is 0.0580. The van der Waals surface area contributed by atoms with Crippen molar-refractivity contribution in [2.75, 3.05) is 13.2 Å². The molecule has 2 aliphatic heterocycles. The zero-order chi connectivity index (χ0) is 11.7. The number of ether oxygens (including phenoxy) is 1. The van der Waals surface area contributed by atoms with Crippen LogP contribution in [-0.2, 0) is 16.1 Å². The Morgan fingerprint density at radius 1 is 1.47 bits per heavy atom. The van der Waals surface area contributed by atoms with E-state index in [2.05, 4.69) is 15.0 Å². The summed E-state index contributed by atoms with van der Waals surface area (Å²) in [7, 11) is 0. The van der Waals surface area contributed by atoms with E-state index in [9.17, 15) is 4.79 Å². The molecule has 2 fully saturated rings. The highest BCUT2D eigenvalue weighted by atomic mass is 16.5. The minimum atomic E-state index is -0.0597. The molecule has 0 bridgehead atoms. The molecule has 0 radical (unpaired) electrons. The summed E-state index contributed by atoms with van der Waals surface area (Å²) in [6, 6.07) is 0.346. The van der Waals surface area contributed by atoms with Crippen LogP contribution in [0, 0.1) is 0 Å². The average Bonchev–Trinajstić information content (AvgIpc) is 3.00. The van der Waals surface area contributed by atoms with Crippen molar-refractivity contribution in [2.45, 2.75) is 37.9 Å². The molecule has 6 nitrogen and oxygen atoms in total. The third kappa shape index (κ3) is 2.04. The van der Waals surface area contributed by atoms with Crippen molar-refractivity contribution >= 4 is 5.97 Å². The highest BCUT2D eigenvalue weighted by molar-refractivity contribution is 5.77. The number of hydrogen-bond donors (Lipinski definition) is 0. The topological polar surface area (TPSA) is 60.2 Å². The first-order valence-corrected chi connectivity index (χ1v) is 6.09. The van der Waals surface area contributed by atoms with Crippen LogP contribution in [-0.4, -0.2) is 50.9 Å². The fourth-order valence-electron chi connectivity index (χ4n) is 2.79. The first-order valence-electron chi connectivity index (χ1n) is 6.09. The van der Waals surface area contributed by atoms with Gasteiger partial charge in [-0.25, -0.2) is 4.98 Å². The molecule has 0 spiro atoms. The van der Waals surface area contributed by atoms with Crippen LogP contribution in [0.4, 0.5) is 0 Å². The Morgan fingerprint density at radius 3 is 3.12 bits per heavy atom. The first kappa shape index (κ1) is 10.7. The fraction of sp³-hybridized carbons (Fsp3) is 0.727. The van der Waals surface area contributed by atoms with E-state index in [4.69, 9.17) is 4.74 Å². The maximum atomic E-state index is 11.6. The smallest absolute Gasteiger partial charge is 0.323 e. The Balaban J connectivity index is 1.69. The molecule has 0 amide bonds. The van der Waals surface area contributed by atoms with Gasteiger partial charge in [0.2, 0.25) is 0 Å². The van der Waals surface area contributed by atoms with Crippen molar-refractivity contribution < 1.29 is 9.53 Å². The van der Waals surface area contributed by atoms with Crippen molar-refractivity contribution in [3.8, 4) is 0 Å². The van der Waals surface area contributed by atoms with Crippen molar-refractivity contribution in [2.24, 2.45) is 0 Å². The van der Waals surface area contributed by atoms with Crippen LogP contribution in [0.25, 0.3) is 0 Å². The summed E-state index contributed by atoms with van der Waals surface area (Å²) in [5, 5.41) is 4.12. The summed E-state index contributed by atoms with van der Waals surface area (Å²) >= 11 is 0. The van der Waals surface area contributed by atoms with Crippen molar-refractivity contribution in [1.82, 2.24) is 19.7 Å². The van der Waals surface area contributed by atoms with Crippen LogP contribution in [0.5, 0.6) is 0 Å². The molecule has 3 heterocycles. The number of aromatic nitrogens is 3. The normalized spacial score (nSPS) is 29.8. The van der Waals surface area contributed by atoms with E-state index in [0.29, 0.717) is 12.6 Å². The first-order chi connectivity index (χ1) is 8.34. The minimum absolute atomic E-state index is 0.0361.